The van der Waals surface area contributed by atoms with Gasteiger partial charge in [0.25, 0.3) is 5.91 Å². The molecule has 0 radical (unpaired) electrons. The van der Waals surface area contributed by atoms with E-state index in [2.05, 4.69) is 24.4 Å². The van der Waals surface area contributed by atoms with Crippen LogP contribution in [0.3, 0.4) is 0 Å². The molecule has 0 bridgehead atoms. The predicted octanol–water partition coefficient (Wildman–Crippen LogP) is 3.99. The second-order valence-corrected chi connectivity index (χ2v) is 5.76. The van der Waals surface area contributed by atoms with E-state index in [1.807, 2.05) is 36.4 Å². The Labute approximate surface area is 141 Å². The van der Waals surface area contributed by atoms with Crippen LogP contribution in [0.15, 0.2) is 53.6 Å². The van der Waals surface area contributed by atoms with E-state index in [1.165, 1.54) is 0 Å². The Bertz CT molecular complexity index is 682. The van der Waals surface area contributed by atoms with Gasteiger partial charge in [-0.1, -0.05) is 55.8 Å². The molecule has 0 aliphatic carbocycles. The highest BCUT2D eigenvalue weighted by atomic mass is 35.5. The number of nitrogens with zero attached hydrogens (tertiary/aromatic N) is 1. The van der Waals surface area contributed by atoms with Gasteiger partial charge in [-0.15, -0.1) is 0 Å². The minimum absolute atomic E-state index is 0.0817. The van der Waals surface area contributed by atoms with Crippen molar-refractivity contribution in [1.29, 1.82) is 0 Å². The van der Waals surface area contributed by atoms with Gasteiger partial charge in [0.05, 0.1) is 6.21 Å². The van der Waals surface area contributed by atoms with Crippen molar-refractivity contribution >= 4 is 23.7 Å². The first kappa shape index (κ1) is 17.0. The summed E-state index contributed by atoms with van der Waals surface area (Å²) in [5.74, 6) is 0.741. The number of amides is 1. The molecular formula is C18H19ClN2O2. The number of carbonyl (C=O) groups is 1. The fraction of sp³-hybridized carbons (Fsp3) is 0.222. The van der Waals surface area contributed by atoms with Crippen LogP contribution in [-0.2, 0) is 4.79 Å². The molecule has 2 aromatic carbocycles. The van der Waals surface area contributed by atoms with E-state index < -0.39 is 0 Å². The lowest BCUT2D eigenvalue weighted by molar-refractivity contribution is -0.123. The largest absolute Gasteiger partial charge is 0.483 e. The molecule has 0 aliphatic rings. The molecule has 0 heterocycles. The van der Waals surface area contributed by atoms with Crippen molar-refractivity contribution < 1.29 is 9.53 Å². The van der Waals surface area contributed by atoms with E-state index in [9.17, 15) is 4.79 Å². The van der Waals surface area contributed by atoms with Crippen LogP contribution in [0.1, 0.15) is 30.9 Å². The number of hydrogen-bond donors (Lipinski definition) is 1. The lowest BCUT2D eigenvalue weighted by Gasteiger charge is -2.12. The van der Waals surface area contributed by atoms with Gasteiger partial charge in [-0.3, -0.25) is 4.79 Å². The third-order valence-corrected chi connectivity index (χ3v) is 3.42. The van der Waals surface area contributed by atoms with Crippen molar-refractivity contribution in [2.75, 3.05) is 6.61 Å². The highest BCUT2D eigenvalue weighted by Gasteiger charge is 2.08. The fourth-order valence-electron chi connectivity index (χ4n) is 1.99. The van der Waals surface area contributed by atoms with Gasteiger partial charge in [-0.2, -0.15) is 5.10 Å². The van der Waals surface area contributed by atoms with E-state index in [1.54, 1.807) is 18.3 Å². The zero-order chi connectivity index (χ0) is 16.7. The summed E-state index contributed by atoms with van der Waals surface area (Å²) in [6.07, 6.45) is 1.55. The zero-order valence-corrected chi connectivity index (χ0v) is 13.9. The third-order valence-electron chi connectivity index (χ3n) is 3.17. The van der Waals surface area contributed by atoms with Crippen molar-refractivity contribution in [2.24, 2.45) is 5.10 Å². The number of para-hydroxylation sites is 1. The van der Waals surface area contributed by atoms with E-state index >= 15 is 0 Å². The van der Waals surface area contributed by atoms with Crippen LogP contribution >= 0.6 is 11.6 Å². The number of ether oxygens (including phenoxy) is 1. The number of hydrogen-bond acceptors (Lipinski definition) is 3. The second kappa shape index (κ2) is 8.34. The highest BCUT2D eigenvalue weighted by molar-refractivity contribution is 6.30. The Morgan fingerprint density at radius 3 is 2.61 bits per heavy atom. The molecular weight excluding hydrogens is 312 g/mol. The third kappa shape index (κ3) is 5.42. The molecule has 0 saturated carbocycles. The molecule has 2 rings (SSSR count). The molecule has 0 atom stereocenters. The normalized spacial score (nSPS) is 11.0. The first-order valence-corrected chi connectivity index (χ1v) is 7.73. The Morgan fingerprint density at radius 1 is 1.22 bits per heavy atom. The number of hydrazone groups is 1. The summed E-state index contributed by atoms with van der Waals surface area (Å²) >= 11 is 5.80. The zero-order valence-electron chi connectivity index (χ0n) is 13.1. The molecule has 0 aliphatic heterocycles. The molecule has 1 N–H and O–H groups in total. The number of halogens is 1. The average molecular weight is 331 g/mol. The van der Waals surface area contributed by atoms with Gasteiger partial charge in [-0.25, -0.2) is 5.43 Å². The molecule has 120 valence electrons. The summed E-state index contributed by atoms with van der Waals surface area (Å²) in [6, 6.07) is 14.8. The quantitative estimate of drug-likeness (QED) is 0.643. The summed E-state index contributed by atoms with van der Waals surface area (Å²) in [5, 5.41) is 4.55. The number of benzene rings is 2. The van der Waals surface area contributed by atoms with E-state index in [0.29, 0.717) is 10.9 Å². The summed E-state index contributed by atoms with van der Waals surface area (Å²) in [5.41, 5.74) is 4.36. The first-order valence-electron chi connectivity index (χ1n) is 7.35. The van der Waals surface area contributed by atoms with Gasteiger partial charge in [0.2, 0.25) is 0 Å². The van der Waals surface area contributed by atoms with Gasteiger partial charge in [-0.05, 0) is 35.2 Å². The van der Waals surface area contributed by atoms with Crippen molar-refractivity contribution in [3.63, 3.8) is 0 Å². The van der Waals surface area contributed by atoms with Crippen LogP contribution in [0.5, 0.6) is 5.75 Å². The van der Waals surface area contributed by atoms with Crippen molar-refractivity contribution in [3.8, 4) is 5.75 Å². The topological polar surface area (TPSA) is 50.7 Å². The smallest absolute Gasteiger partial charge is 0.277 e. The van der Waals surface area contributed by atoms with Crippen LogP contribution in [0.4, 0.5) is 0 Å². The lowest BCUT2D eigenvalue weighted by Crippen LogP contribution is -2.24. The van der Waals surface area contributed by atoms with Gasteiger partial charge in [0.15, 0.2) is 6.61 Å². The minimum atomic E-state index is -0.311. The SMILES string of the molecule is CC(C)c1ccccc1OCC(=O)NN=Cc1ccc(Cl)cc1. The molecule has 0 aromatic heterocycles. The van der Waals surface area contributed by atoms with Crippen LogP contribution in [-0.4, -0.2) is 18.7 Å². The maximum Gasteiger partial charge on any atom is 0.277 e. The predicted molar refractivity (Wildman–Crippen MR) is 93.2 cm³/mol. The molecule has 1 amide bonds. The summed E-state index contributed by atoms with van der Waals surface area (Å²) in [4.78, 5) is 11.8. The van der Waals surface area contributed by atoms with Crippen LogP contribution in [0.25, 0.3) is 0 Å². The fourth-order valence-corrected chi connectivity index (χ4v) is 2.12. The lowest BCUT2D eigenvalue weighted by atomic mass is 10.0. The number of rotatable bonds is 6. The van der Waals surface area contributed by atoms with Crippen molar-refractivity contribution in [2.45, 2.75) is 19.8 Å². The standard InChI is InChI=1S/C18H19ClN2O2/c1-13(2)16-5-3-4-6-17(16)23-12-18(22)21-20-11-14-7-9-15(19)10-8-14/h3-11,13H,12H2,1-2H3,(H,21,22). The van der Waals surface area contributed by atoms with E-state index in [4.69, 9.17) is 16.3 Å². The molecule has 0 saturated heterocycles. The number of carbonyl (C=O) groups excluding carboxylic acids is 1. The summed E-state index contributed by atoms with van der Waals surface area (Å²) in [7, 11) is 0. The monoisotopic (exact) mass is 330 g/mol. The molecule has 0 fully saturated rings. The molecule has 0 spiro atoms. The Balaban J connectivity index is 1.85. The maximum absolute atomic E-state index is 11.8. The molecule has 23 heavy (non-hydrogen) atoms. The molecule has 4 nitrogen and oxygen atoms in total. The molecule has 2 aromatic rings. The van der Waals surface area contributed by atoms with Gasteiger partial charge in [0, 0.05) is 5.02 Å². The van der Waals surface area contributed by atoms with Crippen LogP contribution in [0, 0.1) is 0 Å². The van der Waals surface area contributed by atoms with Crippen LogP contribution < -0.4 is 10.2 Å². The summed E-state index contributed by atoms with van der Waals surface area (Å²) in [6.45, 7) is 4.08. The Hall–Kier alpha value is -2.33. The van der Waals surface area contributed by atoms with Gasteiger partial charge >= 0.3 is 0 Å². The Kier molecular flexibility index (Phi) is 6.18. The van der Waals surface area contributed by atoms with Gasteiger partial charge in [0.1, 0.15) is 5.75 Å². The van der Waals surface area contributed by atoms with Crippen molar-refractivity contribution in [3.05, 3.63) is 64.7 Å². The summed E-state index contributed by atoms with van der Waals surface area (Å²) < 4.78 is 5.58. The average Bonchev–Trinajstić information content (AvgIpc) is 2.55. The van der Waals surface area contributed by atoms with E-state index in [0.717, 1.165) is 16.9 Å². The molecule has 5 heteroatoms. The minimum Gasteiger partial charge on any atom is -0.483 e. The van der Waals surface area contributed by atoms with Crippen molar-refractivity contribution in [1.82, 2.24) is 5.43 Å². The second-order valence-electron chi connectivity index (χ2n) is 5.33. The van der Waals surface area contributed by atoms with Crippen LogP contribution in [0.2, 0.25) is 5.02 Å². The first-order chi connectivity index (χ1) is 11.1. The Morgan fingerprint density at radius 2 is 1.91 bits per heavy atom. The number of nitrogens with one attached hydrogen (secondary N) is 1. The highest BCUT2D eigenvalue weighted by Crippen LogP contribution is 2.25. The van der Waals surface area contributed by atoms with Gasteiger partial charge < -0.3 is 4.74 Å². The molecule has 0 unspecified atom stereocenters. The maximum atomic E-state index is 11.8. The van der Waals surface area contributed by atoms with E-state index in [-0.39, 0.29) is 12.5 Å².